The molecule has 90 valence electrons. The molecule has 0 unspecified atom stereocenters. The Balaban J connectivity index is 1.80. The largest absolute Gasteiger partial charge is 0.396 e. The summed E-state index contributed by atoms with van der Waals surface area (Å²) in [4.78, 5) is 6.50. The van der Waals surface area contributed by atoms with E-state index in [9.17, 15) is 0 Å². The first-order valence-electron chi connectivity index (χ1n) is 5.60. The molecule has 0 spiro atoms. The van der Waals surface area contributed by atoms with Crippen molar-refractivity contribution >= 4 is 5.69 Å². The lowest BCUT2D eigenvalue weighted by Crippen LogP contribution is -2.23. The molecule has 2 aromatic rings. The van der Waals surface area contributed by atoms with Crippen molar-refractivity contribution in [3.8, 4) is 0 Å². The van der Waals surface area contributed by atoms with Crippen LogP contribution in [0.3, 0.4) is 0 Å². The van der Waals surface area contributed by atoms with Gasteiger partial charge >= 0.3 is 0 Å². The Labute approximate surface area is 101 Å². The highest BCUT2D eigenvalue weighted by molar-refractivity contribution is 5.30. The van der Waals surface area contributed by atoms with Crippen LogP contribution in [-0.2, 0) is 13.1 Å². The maximum Gasteiger partial charge on any atom is 0.0719 e. The summed E-state index contributed by atoms with van der Waals surface area (Å²) in [5.74, 6) is 0. The van der Waals surface area contributed by atoms with Gasteiger partial charge in [0.05, 0.1) is 24.1 Å². The molecule has 0 amide bonds. The Kier molecular flexibility index (Phi) is 3.72. The molecule has 2 aromatic heterocycles. The predicted octanol–water partition coefficient (Wildman–Crippen LogP) is 0.992. The van der Waals surface area contributed by atoms with Crippen molar-refractivity contribution in [1.82, 2.24) is 19.7 Å². The van der Waals surface area contributed by atoms with Gasteiger partial charge in [-0.15, -0.1) is 0 Å². The number of nitrogen functional groups attached to an aromatic ring is 1. The van der Waals surface area contributed by atoms with Crippen molar-refractivity contribution in [2.45, 2.75) is 13.1 Å². The Bertz CT molecular complexity index is 451. The predicted molar refractivity (Wildman–Crippen MR) is 67.2 cm³/mol. The SMILES string of the molecule is CN(CCn1cc(N)cn1)Cc1ccccn1. The first-order chi connectivity index (χ1) is 8.24. The molecule has 2 heterocycles. The second kappa shape index (κ2) is 5.45. The summed E-state index contributed by atoms with van der Waals surface area (Å²) in [6.45, 7) is 2.59. The van der Waals surface area contributed by atoms with Crippen LogP contribution in [0.15, 0.2) is 36.8 Å². The average Bonchev–Trinajstić information content (AvgIpc) is 2.74. The van der Waals surface area contributed by atoms with Crippen LogP contribution in [0.5, 0.6) is 0 Å². The van der Waals surface area contributed by atoms with Gasteiger partial charge in [-0.1, -0.05) is 6.07 Å². The molecular formula is C12H17N5. The number of hydrogen-bond donors (Lipinski definition) is 1. The van der Waals surface area contributed by atoms with Crippen LogP contribution >= 0.6 is 0 Å². The summed E-state index contributed by atoms with van der Waals surface area (Å²) in [5.41, 5.74) is 7.39. The van der Waals surface area contributed by atoms with Gasteiger partial charge in [-0.2, -0.15) is 5.10 Å². The van der Waals surface area contributed by atoms with Gasteiger partial charge in [0.1, 0.15) is 0 Å². The molecule has 0 bridgehead atoms. The van der Waals surface area contributed by atoms with E-state index in [1.165, 1.54) is 0 Å². The van der Waals surface area contributed by atoms with E-state index in [0.717, 1.165) is 25.3 Å². The minimum atomic E-state index is 0.706. The first-order valence-corrected chi connectivity index (χ1v) is 5.60. The molecule has 0 atom stereocenters. The van der Waals surface area contributed by atoms with Crippen LogP contribution in [0.4, 0.5) is 5.69 Å². The standard InChI is InChI=1S/C12H17N5/c1-16(10-12-4-2-3-5-14-12)6-7-17-9-11(13)8-15-17/h2-5,8-9H,6-7,10,13H2,1H3. The highest BCUT2D eigenvalue weighted by atomic mass is 15.3. The minimum Gasteiger partial charge on any atom is -0.396 e. The third-order valence-corrected chi connectivity index (χ3v) is 2.52. The molecule has 2 rings (SSSR count). The monoisotopic (exact) mass is 231 g/mol. The zero-order valence-corrected chi connectivity index (χ0v) is 9.95. The summed E-state index contributed by atoms with van der Waals surface area (Å²) in [5, 5.41) is 4.14. The van der Waals surface area contributed by atoms with E-state index < -0.39 is 0 Å². The smallest absolute Gasteiger partial charge is 0.0719 e. The molecule has 0 aliphatic heterocycles. The molecule has 0 aromatic carbocycles. The molecule has 0 fully saturated rings. The Morgan fingerprint density at radius 2 is 2.29 bits per heavy atom. The summed E-state index contributed by atoms with van der Waals surface area (Å²) in [7, 11) is 2.07. The van der Waals surface area contributed by atoms with Crippen molar-refractivity contribution in [1.29, 1.82) is 0 Å². The molecule has 0 radical (unpaired) electrons. The molecule has 0 saturated carbocycles. The highest BCUT2D eigenvalue weighted by Gasteiger charge is 2.01. The van der Waals surface area contributed by atoms with Crippen LogP contribution in [0.25, 0.3) is 0 Å². The minimum absolute atomic E-state index is 0.706. The highest BCUT2D eigenvalue weighted by Crippen LogP contribution is 2.01. The summed E-state index contributed by atoms with van der Waals surface area (Å²) in [6.07, 6.45) is 5.32. The molecule has 0 aliphatic carbocycles. The number of rotatable bonds is 5. The van der Waals surface area contributed by atoms with Crippen LogP contribution in [0.2, 0.25) is 0 Å². The van der Waals surface area contributed by atoms with Crippen molar-refractivity contribution in [3.63, 3.8) is 0 Å². The van der Waals surface area contributed by atoms with E-state index in [0.29, 0.717) is 5.69 Å². The number of likely N-dealkylation sites (N-methyl/N-ethyl adjacent to an activating group) is 1. The molecule has 2 N–H and O–H groups in total. The fraction of sp³-hybridized carbons (Fsp3) is 0.333. The van der Waals surface area contributed by atoms with Gasteiger partial charge < -0.3 is 5.73 Å². The quantitative estimate of drug-likeness (QED) is 0.833. The van der Waals surface area contributed by atoms with Gasteiger partial charge in [-0.25, -0.2) is 0 Å². The van der Waals surface area contributed by atoms with Gasteiger partial charge in [0.2, 0.25) is 0 Å². The lowest BCUT2D eigenvalue weighted by atomic mass is 10.3. The molecule has 0 saturated heterocycles. The maximum atomic E-state index is 5.60. The second-order valence-electron chi connectivity index (χ2n) is 4.10. The van der Waals surface area contributed by atoms with E-state index in [-0.39, 0.29) is 0 Å². The van der Waals surface area contributed by atoms with E-state index in [1.807, 2.05) is 35.3 Å². The number of nitrogens with two attached hydrogens (primary N) is 1. The van der Waals surface area contributed by atoms with Crippen LogP contribution < -0.4 is 5.73 Å². The fourth-order valence-electron chi connectivity index (χ4n) is 1.62. The lowest BCUT2D eigenvalue weighted by molar-refractivity contribution is 0.302. The number of pyridine rings is 1. The third-order valence-electron chi connectivity index (χ3n) is 2.52. The zero-order valence-electron chi connectivity index (χ0n) is 9.95. The van der Waals surface area contributed by atoms with Gasteiger partial charge in [-0.3, -0.25) is 14.6 Å². The molecule has 0 aliphatic rings. The molecule has 5 heteroatoms. The van der Waals surface area contributed by atoms with Crippen LogP contribution in [-0.4, -0.2) is 33.3 Å². The average molecular weight is 231 g/mol. The van der Waals surface area contributed by atoms with Crippen LogP contribution in [0, 0.1) is 0 Å². The van der Waals surface area contributed by atoms with Crippen molar-refractivity contribution < 1.29 is 0 Å². The Hall–Kier alpha value is -1.88. The maximum absolute atomic E-state index is 5.60. The normalized spacial score (nSPS) is 10.9. The lowest BCUT2D eigenvalue weighted by Gasteiger charge is -2.15. The van der Waals surface area contributed by atoms with Crippen LogP contribution in [0.1, 0.15) is 5.69 Å². The van der Waals surface area contributed by atoms with Crippen molar-refractivity contribution in [2.24, 2.45) is 0 Å². The molecule has 17 heavy (non-hydrogen) atoms. The fourth-order valence-corrected chi connectivity index (χ4v) is 1.62. The van der Waals surface area contributed by atoms with Crippen molar-refractivity contribution in [2.75, 3.05) is 19.3 Å². The topological polar surface area (TPSA) is 60.0 Å². The third kappa shape index (κ3) is 3.57. The summed E-state index contributed by atoms with van der Waals surface area (Å²) >= 11 is 0. The van der Waals surface area contributed by atoms with Gasteiger partial charge in [-0.05, 0) is 19.2 Å². The number of aromatic nitrogens is 3. The Morgan fingerprint density at radius 3 is 2.94 bits per heavy atom. The summed E-state index contributed by atoms with van der Waals surface area (Å²) in [6, 6.07) is 5.96. The van der Waals surface area contributed by atoms with E-state index in [4.69, 9.17) is 5.73 Å². The number of hydrogen-bond acceptors (Lipinski definition) is 4. The van der Waals surface area contributed by atoms with E-state index >= 15 is 0 Å². The van der Waals surface area contributed by atoms with E-state index in [2.05, 4.69) is 22.0 Å². The van der Waals surface area contributed by atoms with Gasteiger partial charge in [0.25, 0.3) is 0 Å². The molecule has 5 nitrogen and oxygen atoms in total. The van der Waals surface area contributed by atoms with Gasteiger partial charge in [0.15, 0.2) is 0 Å². The van der Waals surface area contributed by atoms with Gasteiger partial charge in [0, 0.05) is 25.5 Å². The van der Waals surface area contributed by atoms with E-state index in [1.54, 1.807) is 6.20 Å². The Morgan fingerprint density at radius 1 is 1.41 bits per heavy atom. The number of anilines is 1. The summed E-state index contributed by atoms with van der Waals surface area (Å²) < 4.78 is 1.85. The number of nitrogens with zero attached hydrogens (tertiary/aromatic N) is 4. The zero-order chi connectivity index (χ0) is 12.1. The second-order valence-corrected chi connectivity index (χ2v) is 4.10. The van der Waals surface area contributed by atoms with Crippen molar-refractivity contribution in [3.05, 3.63) is 42.5 Å². The first kappa shape index (κ1) is 11.6. The molecular weight excluding hydrogens is 214 g/mol.